The zero-order valence-electron chi connectivity index (χ0n) is 10.9. The van der Waals surface area contributed by atoms with E-state index in [0.29, 0.717) is 12.1 Å². The van der Waals surface area contributed by atoms with Crippen LogP contribution in [0, 0.1) is 11.8 Å². The van der Waals surface area contributed by atoms with Crippen molar-refractivity contribution in [3.8, 4) is 0 Å². The largest absolute Gasteiger partial charge is 0.481 e. The summed E-state index contributed by atoms with van der Waals surface area (Å²) in [5.41, 5.74) is 0. The number of likely N-dealkylation sites (tertiary alicyclic amines) is 1. The first-order chi connectivity index (χ1) is 8.11. The normalized spacial score (nSPS) is 32.4. The SMILES string of the molecule is CCNC1CC(C(=O)O)CN(C(C)C2CC2)C1. The molecule has 4 nitrogen and oxygen atoms in total. The van der Waals surface area contributed by atoms with E-state index in [0.717, 1.165) is 32.0 Å². The van der Waals surface area contributed by atoms with E-state index in [9.17, 15) is 9.90 Å². The van der Waals surface area contributed by atoms with Crippen molar-refractivity contribution in [2.45, 2.75) is 45.2 Å². The smallest absolute Gasteiger partial charge is 0.307 e. The van der Waals surface area contributed by atoms with E-state index < -0.39 is 5.97 Å². The summed E-state index contributed by atoms with van der Waals surface area (Å²) in [6.45, 7) is 7.00. The molecule has 0 amide bonds. The quantitative estimate of drug-likeness (QED) is 0.757. The molecular weight excluding hydrogens is 216 g/mol. The van der Waals surface area contributed by atoms with E-state index in [1.807, 2.05) is 0 Å². The Morgan fingerprint density at radius 3 is 2.71 bits per heavy atom. The van der Waals surface area contributed by atoms with Gasteiger partial charge >= 0.3 is 5.97 Å². The van der Waals surface area contributed by atoms with Gasteiger partial charge in [-0.15, -0.1) is 0 Å². The van der Waals surface area contributed by atoms with Gasteiger partial charge in [-0.1, -0.05) is 6.92 Å². The van der Waals surface area contributed by atoms with Gasteiger partial charge in [-0.05, 0) is 38.6 Å². The average Bonchev–Trinajstić information content (AvgIpc) is 3.12. The van der Waals surface area contributed by atoms with E-state index >= 15 is 0 Å². The van der Waals surface area contributed by atoms with E-state index in [-0.39, 0.29) is 5.92 Å². The van der Waals surface area contributed by atoms with Crippen LogP contribution in [0.25, 0.3) is 0 Å². The maximum Gasteiger partial charge on any atom is 0.307 e. The molecule has 1 aliphatic heterocycles. The molecule has 4 heteroatoms. The van der Waals surface area contributed by atoms with Crippen molar-refractivity contribution in [3.05, 3.63) is 0 Å². The molecule has 2 aliphatic rings. The van der Waals surface area contributed by atoms with Crippen LogP contribution in [0.4, 0.5) is 0 Å². The topological polar surface area (TPSA) is 52.6 Å². The van der Waals surface area contributed by atoms with Crippen LogP contribution < -0.4 is 5.32 Å². The molecule has 0 spiro atoms. The Morgan fingerprint density at radius 2 is 2.18 bits per heavy atom. The number of rotatable bonds is 5. The minimum Gasteiger partial charge on any atom is -0.481 e. The number of nitrogens with zero attached hydrogens (tertiary/aromatic N) is 1. The van der Waals surface area contributed by atoms with E-state index in [2.05, 4.69) is 24.1 Å². The van der Waals surface area contributed by atoms with Crippen molar-refractivity contribution in [2.75, 3.05) is 19.6 Å². The molecule has 1 saturated heterocycles. The Morgan fingerprint density at radius 1 is 1.47 bits per heavy atom. The van der Waals surface area contributed by atoms with Crippen LogP contribution in [-0.2, 0) is 4.79 Å². The third kappa shape index (κ3) is 3.19. The molecule has 2 N–H and O–H groups in total. The number of likely N-dealkylation sites (N-methyl/N-ethyl adjacent to an activating group) is 1. The van der Waals surface area contributed by atoms with Gasteiger partial charge in [-0.2, -0.15) is 0 Å². The molecule has 2 rings (SSSR count). The molecule has 98 valence electrons. The van der Waals surface area contributed by atoms with Crippen molar-refractivity contribution >= 4 is 5.97 Å². The molecule has 0 aromatic carbocycles. The summed E-state index contributed by atoms with van der Waals surface area (Å²) in [5, 5.41) is 12.6. The number of carboxylic acid groups (broad SMARTS) is 1. The monoisotopic (exact) mass is 240 g/mol. The van der Waals surface area contributed by atoms with Crippen LogP contribution in [0.3, 0.4) is 0 Å². The zero-order valence-corrected chi connectivity index (χ0v) is 10.9. The highest BCUT2D eigenvalue weighted by molar-refractivity contribution is 5.70. The molecule has 0 radical (unpaired) electrons. The fraction of sp³-hybridized carbons (Fsp3) is 0.923. The van der Waals surface area contributed by atoms with Gasteiger partial charge in [0, 0.05) is 25.2 Å². The lowest BCUT2D eigenvalue weighted by molar-refractivity contribution is -0.144. The first-order valence-corrected chi connectivity index (χ1v) is 6.82. The molecule has 3 unspecified atom stereocenters. The second-order valence-electron chi connectivity index (χ2n) is 5.56. The lowest BCUT2D eigenvalue weighted by atomic mass is 9.92. The van der Waals surface area contributed by atoms with Crippen LogP contribution in [0.2, 0.25) is 0 Å². The molecule has 1 saturated carbocycles. The van der Waals surface area contributed by atoms with Crippen LogP contribution >= 0.6 is 0 Å². The Bertz CT molecular complexity index is 279. The van der Waals surface area contributed by atoms with Crippen molar-refractivity contribution in [2.24, 2.45) is 11.8 Å². The van der Waals surface area contributed by atoms with Gasteiger partial charge in [-0.3, -0.25) is 9.69 Å². The van der Waals surface area contributed by atoms with E-state index in [1.165, 1.54) is 12.8 Å². The Labute approximate surface area is 103 Å². The van der Waals surface area contributed by atoms with Gasteiger partial charge in [0.15, 0.2) is 0 Å². The maximum atomic E-state index is 11.2. The summed E-state index contributed by atoms with van der Waals surface area (Å²) in [7, 11) is 0. The first kappa shape index (κ1) is 12.8. The van der Waals surface area contributed by atoms with Gasteiger partial charge in [0.1, 0.15) is 0 Å². The van der Waals surface area contributed by atoms with Crippen molar-refractivity contribution in [1.82, 2.24) is 10.2 Å². The Kier molecular flexibility index (Phi) is 4.05. The lowest BCUT2D eigenvalue weighted by Gasteiger charge is -2.40. The zero-order chi connectivity index (χ0) is 12.4. The molecule has 17 heavy (non-hydrogen) atoms. The number of hydrogen-bond acceptors (Lipinski definition) is 3. The van der Waals surface area contributed by atoms with Crippen LogP contribution in [0.5, 0.6) is 0 Å². The van der Waals surface area contributed by atoms with Gasteiger partial charge in [-0.25, -0.2) is 0 Å². The molecule has 2 fully saturated rings. The third-order valence-corrected chi connectivity index (χ3v) is 4.20. The fourth-order valence-electron chi connectivity index (χ4n) is 2.96. The number of carboxylic acids is 1. The summed E-state index contributed by atoms with van der Waals surface area (Å²) in [5.74, 6) is -0.0283. The van der Waals surface area contributed by atoms with E-state index in [4.69, 9.17) is 0 Å². The summed E-state index contributed by atoms with van der Waals surface area (Å²) in [6.07, 6.45) is 3.42. The second-order valence-corrected chi connectivity index (χ2v) is 5.56. The highest BCUT2D eigenvalue weighted by Gasteiger charge is 2.38. The minimum absolute atomic E-state index is 0.200. The molecule has 1 aliphatic carbocycles. The van der Waals surface area contributed by atoms with Crippen molar-refractivity contribution in [3.63, 3.8) is 0 Å². The first-order valence-electron chi connectivity index (χ1n) is 6.82. The fourth-order valence-corrected chi connectivity index (χ4v) is 2.96. The molecule has 0 bridgehead atoms. The third-order valence-electron chi connectivity index (χ3n) is 4.20. The van der Waals surface area contributed by atoms with Crippen LogP contribution in [0.15, 0.2) is 0 Å². The number of aliphatic carboxylic acids is 1. The average molecular weight is 240 g/mol. The van der Waals surface area contributed by atoms with Gasteiger partial charge < -0.3 is 10.4 Å². The Balaban J connectivity index is 1.97. The molecule has 3 atom stereocenters. The lowest BCUT2D eigenvalue weighted by Crippen LogP contribution is -2.54. The van der Waals surface area contributed by atoms with Crippen LogP contribution in [-0.4, -0.2) is 47.7 Å². The molecular formula is C13H24N2O2. The summed E-state index contributed by atoms with van der Waals surface area (Å²) >= 11 is 0. The van der Waals surface area contributed by atoms with Crippen LogP contribution in [0.1, 0.15) is 33.1 Å². The van der Waals surface area contributed by atoms with Gasteiger partial charge in [0.05, 0.1) is 5.92 Å². The number of carbonyl (C=O) groups is 1. The number of piperidine rings is 1. The highest BCUT2D eigenvalue weighted by atomic mass is 16.4. The van der Waals surface area contributed by atoms with Gasteiger partial charge in [0.2, 0.25) is 0 Å². The second kappa shape index (κ2) is 5.36. The maximum absolute atomic E-state index is 11.2. The van der Waals surface area contributed by atoms with Gasteiger partial charge in [0.25, 0.3) is 0 Å². The summed E-state index contributed by atoms with van der Waals surface area (Å²) in [4.78, 5) is 13.6. The minimum atomic E-state index is -0.638. The van der Waals surface area contributed by atoms with Crippen molar-refractivity contribution in [1.29, 1.82) is 0 Å². The molecule has 0 aromatic heterocycles. The summed E-state index contributed by atoms with van der Waals surface area (Å²) < 4.78 is 0. The summed E-state index contributed by atoms with van der Waals surface area (Å²) in [6, 6.07) is 0.898. The predicted octanol–water partition coefficient (Wildman–Crippen LogP) is 1.17. The number of hydrogen-bond donors (Lipinski definition) is 2. The molecule has 0 aromatic rings. The van der Waals surface area contributed by atoms with E-state index in [1.54, 1.807) is 0 Å². The standard InChI is InChI=1S/C13H24N2O2/c1-3-14-12-6-11(13(16)17)7-15(8-12)9(2)10-4-5-10/h9-12,14H,3-8H2,1-2H3,(H,16,17). The molecule has 1 heterocycles. The number of nitrogens with one attached hydrogen (secondary N) is 1. The predicted molar refractivity (Wildman–Crippen MR) is 67.0 cm³/mol. The Hall–Kier alpha value is -0.610. The highest BCUT2D eigenvalue weighted by Crippen LogP contribution is 2.36. The van der Waals surface area contributed by atoms with Crippen molar-refractivity contribution < 1.29 is 9.90 Å².